The molecule has 1 atom stereocenters. The standard InChI is InChI=1S/C18H20BrClN2O2S/c19-13-5-6-17(16(20)9-13)21-18(23)12-22(10-14-3-1-7-24-14)11-15-4-2-8-25-15/h2,4-6,8-9,14H,1,3,7,10-12H2,(H,21,23)/t14-/m0/s1. The van der Waals surface area contributed by atoms with E-state index in [1.165, 1.54) is 4.88 Å². The third-order valence-corrected chi connectivity index (χ3v) is 5.68. The van der Waals surface area contributed by atoms with Crippen molar-refractivity contribution in [1.29, 1.82) is 0 Å². The number of rotatable bonds is 7. The van der Waals surface area contributed by atoms with E-state index in [2.05, 4.69) is 37.6 Å². The fourth-order valence-electron chi connectivity index (χ4n) is 2.87. The van der Waals surface area contributed by atoms with Gasteiger partial charge in [-0.1, -0.05) is 33.6 Å². The maximum absolute atomic E-state index is 12.5. The van der Waals surface area contributed by atoms with Gasteiger partial charge in [-0.15, -0.1) is 11.3 Å². The van der Waals surface area contributed by atoms with E-state index in [1.54, 1.807) is 23.5 Å². The molecule has 2 heterocycles. The lowest BCUT2D eigenvalue weighted by Gasteiger charge is -2.24. The molecule has 25 heavy (non-hydrogen) atoms. The molecule has 1 aromatic carbocycles. The van der Waals surface area contributed by atoms with Gasteiger partial charge in [0.25, 0.3) is 0 Å². The maximum atomic E-state index is 12.5. The molecular formula is C18H20BrClN2O2S. The molecule has 3 rings (SSSR count). The summed E-state index contributed by atoms with van der Waals surface area (Å²) in [6.07, 6.45) is 2.36. The lowest BCUT2D eigenvalue weighted by molar-refractivity contribution is -0.117. The minimum atomic E-state index is -0.0706. The molecule has 0 bridgehead atoms. The van der Waals surface area contributed by atoms with Crippen LogP contribution < -0.4 is 5.32 Å². The van der Waals surface area contributed by atoms with Crippen LogP contribution in [0.3, 0.4) is 0 Å². The van der Waals surface area contributed by atoms with Gasteiger partial charge in [0.15, 0.2) is 0 Å². The lowest BCUT2D eigenvalue weighted by atomic mass is 10.2. The van der Waals surface area contributed by atoms with Gasteiger partial charge in [0.05, 0.1) is 23.4 Å². The predicted octanol–water partition coefficient (Wildman–Crippen LogP) is 4.78. The van der Waals surface area contributed by atoms with Gasteiger partial charge < -0.3 is 10.1 Å². The average Bonchev–Trinajstić information content (AvgIpc) is 3.24. The molecule has 1 aliphatic rings. The van der Waals surface area contributed by atoms with E-state index in [-0.39, 0.29) is 12.0 Å². The molecular weight excluding hydrogens is 424 g/mol. The van der Waals surface area contributed by atoms with Crippen molar-refractivity contribution in [3.63, 3.8) is 0 Å². The smallest absolute Gasteiger partial charge is 0.238 e. The Morgan fingerprint density at radius 2 is 2.32 bits per heavy atom. The fraction of sp³-hybridized carbons (Fsp3) is 0.389. The number of benzene rings is 1. The van der Waals surface area contributed by atoms with E-state index in [0.29, 0.717) is 17.3 Å². The number of carbonyl (C=O) groups is 1. The van der Waals surface area contributed by atoms with Crippen molar-refractivity contribution < 1.29 is 9.53 Å². The summed E-state index contributed by atoms with van der Waals surface area (Å²) in [5, 5.41) is 5.48. The first-order valence-electron chi connectivity index (χ1n) is 8.21. The van der Waals surface area contributed by atoms with E-state index >= 15 is 0 Å². The lowest BCUT2D eigenvalue weighted by Crippen LogP contribution is -2.37. The van der Waals surface area contributed by atoms with Crippen LogP contribution in [0.1, 0.15) is 17.7 Å². The van der Waals surface area contributed by atoms with Crippen molar-refractivity contribution in [2.24, 2.45) is 0 Å². The molecule has 0 aliphatic carbocycles. The normalized spacial score (nSPS) is 17.2. The van der Waals surface area contributed by atoms with Crippen LogP contribution in [-0.4, -0.2) is 36.6 Å². The Labute approximate surface area is 165 Å². The molecule has 0 unspecified atom stereocenters. The van der Waals surface area contributed by atoms with Crippen molar-refractivity contribution in [3.8, 4) is 0 Å². The molecule has 1 saturated heterocycles. The van der Waals surface area contributed by atoms with E-state index in [0.717, 1.165) is 37.0 Å². The summed E-state index contributed by atoms with van der Waals surface area (Å²) in [6.45, 7) is 2.64. The van der Waals surface area contributed by atoms with Gasteiger partial charge >= 0.3 is 0 Å². The maximum Gasteiger partial charge on any atom is 0.238 e. The molecule has 1 N–H and O–H groups in total. The number of anilines is 1. The highest BCUT2D eigenvalue weighted by atomic mass is 79.9. The number of thiophene rings is 1. The first kappa shape index (κ1) is 18.9. The summed E-state index contributed by atoms with van der Waals surface area (Å²) >= 11 is 11.3. The molecule has 2 aromatic rings. The van der Waals surface area contributed by atoms with Crippen molar-refractivity contribution in [2.75, 3.05) is 25.0 Å². The number of nitrogens with one attached hydrogen (secondary N) is 1. The molecule has 7 heteroatoms. The van der Waals surface area contributed by atoms with E-state index in [4.69, 9.17) is 16.3 Å². The number of hydrogen-bond donors (Lipinski definition) is 1. The molecule has 1 aromatic heterocycles. The Balaban J connectivity index is 1.62. The Bertz CT molecular complexity index is 705. The topological polar surface area (TPSA) is 41.6 Å². The SMILES string of the molecule is O=C(CN(Cc1cccs1)C[C@@H]1CCCO1)Nc1ccc(Br)cc1Cl. The molecule has 0 saturated carbocycles. The Kier molecular flexibility index (Phi) is 6.90. The monoisotopic (exact) mass is 442 g/mol. The van der Waals surface area contributed by atoms with E-state index in [1.807, 2.05) is 12.1 Å². The number of halogens is 2. The minimum absolute atomic E-state index is 0.0706. The number of carbonyl (C=O) groups excluding carboxylic acids is 1. The van der Waals surface area contributed by atoms with Crippen molar-refractivity contribution in [2.45, 2.75) is 25.5 Å². The second-order valence-corrected chi connectivity index (χ2v) is 8.41. The quantitative estimate of drug-likeness (QED) is 0.669. The summed E-state index contributed by atoms with van der Waals surface area (Å²) in [7, 11) is 0. The van der Waals surface area contributed by atoms with Crippen molar-refractivity contribution >= 4 is 50.5 Å². The number of amides is 1. The second-order valence-electron chi connectivity index (χ2n) is 6.06. The molecule has 4 nitrogen and oxygen atoms in total. The fourth-order valence-corrected chi connectivity index (χ4v) is 4.33. The Hall–Kier alpha value is -0.920. The number of hydrogen-bond acceptors (Lipinski definition) is 4. The predicted molar refractivity (Wildman–Crippen MR) is 106 cm³/mol. The minimum Gasteiger partial charge on any atom is -0.377 e. The zero-order valence-electron chi connectivity index (χ0n) is 13.7. The number of nitrogens with zero attached hydrogens (tertiary/aromatic N) is 1. The van der Waals surface area contributed by atoms with Crippen LogP contribution in [0, 0.1) is 0 Å². The summed E-state index contributed by atoms with van der Waals surface area (Å²) in [5.74, 6) is -0.0706. The zero-order valence-corrected chi connectivity index (χ0v) is 16.9. The summed E-state index contributed by atoms with van der Waals surface area (Å²) in [5.41, 5.74) is 0.628. The third-order valence-electron chi connectivity index (χ3n) is 4.02. The van der Waals surface area contributed by atoms with Gasteiger partial charge in [0.1, 0.15) is 0 Å². The summed E-state index contributed by atoms with van der Waals surface area (Å²) < 4.78 is 6.62. The largest absolute Gasteiger partial charge is 0.377 e. The summed E-state index contributed by atoms with van der Waals surface area (Å²) in [4.78, 5) is 15.9. The van der Waals surface area contributed by atoms with Crippen molar-refractivity contribution in [1.82, 2.24) is 4.90 Å². The number of ether oxygens (including phenoxy) is 1. The molecule has 0 spiro atoms. The molecule has 134 valence electrons. The van der Waals surface area contributed by atoms with Crippen LogP contribution in [0.2, 0.25) is 5.02 Å². The van der Waals surface area contributed by atoms with Gasteiger partial charge in [0.2, 0.25) is 5.91 Å². The van der Waals surface area contributed by atoms with Crippen LogP contribution in [0.5, 0.6) is 0 Å². The van der Waals surface area contributed by atoms with E-state index < -0.39 is 0 Å². The molecule has 1 fully saturated rings. The van der Waals surface area contributed by atoms with Crippen LogP contribution in [0.25, 0.3) is 0 Å². The first-order valence-corrected chi connectivity index (χ1v) is 10.3. The van der Waals surface area contributed by atoms with Gasteiger partial charge in [-0.2, -0.15) is 0 Å². The highest BCUT2D eigenvalue weighted by Crippen LogP contribution is 2.25. The van der Waals surface area contributed by atoms with Crippen LogP contribution in [0.15, 0.2) is 40.2 Å². The van der Waals surface area contributed by atoms with Gasteiger partial charge in [0, 0.05) is 29.0 Å². The van der Waals surface area contributed by atoms with Crippen LogP contribution in [-0.2, 0) is 16.1 Å². The zero-order chi connectivity index (χ0) is 17.6. The molecule has 1 amide bonds. The highest BCUT2D eigenvalue weighted by molar-refractivity contribution is 9.10. The molecule has 1 aliphatic heterocycles. The third kappa shape index (κ3) is 5.79. The van der Waals surface area contributed by atoms with Gasteiger partial charge in [-0.3, -0.25) is 9.69 Å². The second kappa shape index (κ2) is 9.14. The Morgan fingerprint density at radius 1 is 1.44 bits per heavy atom. The van der Waals surface area contributed by atoms with Crippen LogP contribution >= 0.6 is 38.9 Å². The average molecular weight is 444 g/mol. The summed E-state index contributed by atoms with van der Waals surface area (Å²) in [6, 6.07) is 9.56. The first-order chi connectivity index (χ1) is 12.1. The van der Waals surface area contributed by atoms with Crippen LogP contribution in [0.4, 0.5) is 5.69 Å². The Morgan fingerprint density at radius 3 is 3.00 bits per heavy atom. The van der Waals surface area contributed by atoms with E-state index in [9.17, 15) is 4.79 Å². The van der Waals surface area contributed by atoms with Gasteiger partial charge in [-0.25, -0.2) is 0 Å². The molecule has 0 radical (unpaired) electrons. The van der Waals surface area contributed by atoms with Crippen molar-refractivity contribution in [3.05, 3.63) is 50.1 Å². The highest BCUT2D eigenvalue weighted by Gasteiger charge is 2.21. The van der Waals surface area contributed by atoms with Gasteiger partial charge in [-0.05, 0) is 42.5 Å².